The van der Waals surface area contributed by atoms with Gasteiger partial charge in [0.05, 0.1) is 12.8 Å². The van der Waals surface area contributed by atoms with Gasteiger partial charge in [-0.25, -0.2) is 4.98 Å². The number of hydrogen-bond donors (Lipinski definition) is 1. The minimum Gasteiger partial charge on any atom is -0.495 e. The lowest BCUT2D eigenvalue weighted by Gasteiger charge is -2.11. The number of ether oxygens (including phenoxy) is 2. The Morgan fingerprint density at radius 2 is 1.83 bits per heavy atom. The number of para-hydroxylation sites is 3. The van der Waals surface area contributed by atoms with E-state index >= 15 is 0 Å². The van der Waals surface area contributed by atoms with Gasteiger partial charge in [0.25, 0.3) is 5.91 Å². The van der Waals surface area contributed by atoms with E-state index in [9.17, 15) is 4.79 Å². The lowest BCUT2D eigenvalue weighted by atomic mass is 10.2. The van der Waals surface area contributed by atoms with E-state index in [0.29, 0.717) is 17.2 Å². The highest BCUT2D eigenvalue weighted by Crippen LogP contribution is 2.25. The van der Waals surface area contributed by atoms with Crippen LogP contribution in [-0.2, 0) is 4.79 Å². The molecule has 122 valence electrons. The highest BCUT2D eigenvalue weighted by atomic mass is 16.5. The fourth-order valence-electron chi connectivity index (χ4n) is 2.41. The zero-order chi connectivity index (χ0) is 16.9. The van der Waals surface area contributed by atoms with Gasteiger partial charge in [0.2, 0.25) is 0 Å². The molecule has 0 aliphatic carbocycles. The number of aromatic nitrogens is 1. The minimum atomic E-state index is -0.260. The Morgan fingerprint density at radius 1 is 1.04 bits per heavy atom. The van der Waals surface area contributed by atoms with Crippen molar-refractivity contribution < 1.29 is 14.3 Å². The van der Waals surface area contributed by atoms with Crippen LogP contribution in [0.1, 0.15) is 5.69 Å². The number of pyridine rings is 1. The number of nitrogens with zero attached hydrogens (tertiary/aromatic N) is 1. The Balaban J connectivity index is 1.72. The van der Waals surface area contributed by atoms with E-state index in [2.05, 4.69) is 10.3 Å². The van der Waals surface area contributed by atoms with Crippen molar-refractivity contribution in [3.8, 4) is 11.5 Å². The van der Waals surface area contributed by atoms with E-state index in [4.69, 9.17) is 9.47 Å². The van der Waals surface area contributed by atoms with Gasteiger partial charge in [0.15, 0.2) is 6.61 Å². The Hall–Kier alpha value is -3.08. The third-order valence-corrected chi connectivity index (χ3v) is 3.56. The first-order valence-corrected chi connectivity index (χ1v) is 7.59. The molecule has 3 rings (SSSR count). The maximum absolute atomic E-state index is 12.1. The molecule has 0 aliphatic heterocycles. The van der Waals surface area contributed by atoms with Crippen LogP contribution in [0.2, 0.25) is 0 Å². The summed E-state index contributed by atoms with van der Waals surface area (Å²) in [7, 11) is 1.56. The number of benzene rings is 2. The van der Waals surface area contributed by atoms with Crippen LogP contribution in [0.3, 0.4) is 0 Å². The molecule has 1 N–H and O–H groups in total. The summed E-state index contributed by atoms with van der Waals surface area (Å²) in [6.45, 7) is 1.82. The van der Waals surface area contributed by atoms with Gasteiger partial charge in [-0.05, 0) is 31.2 Å². The van der Waals surface area contributed by atoms with Gasteiger partial charge in [0, 0.05) is 11.1 Å². The predicted molar refractivity (Wildman–Crippen MR) is 93.6 cm³/mol. The molecule has 3 aromatic rings. The number of nitrogens with one attached hydrogen (secondary N) is 1. The molecule has 0 bridgehead atoms. The molecule has 1 aromatic heterocycles. The number of aryl methyl sites for hydroxylation is 1. The van der Waals surface area contributed by atoms with Crippen molar-refractivity contribution in [3.63, 3.8) is 0 Å². The van der Waals surface area contributed by atoms with E-state index in [1.807, 2.05) is 49.4 Å². The SMILES string of the molecule is COc1ccccc1NC(=O)COc1cccc2ccc(C)nc12. The topological polar surface area (TPSA) is 60.5 Å². The fraction of sp³-hybridized carbons (Fsp3) is 0.158. The monoisotopic (exact) mass is 322 g/mol. The molecule has 5 nitrogen and oxygen atoms in total. The van der Waals surface area contributed by atoms with E-state index in [1.54, 1.807) is 19.2 Å². The molecule has 1 heterocycles. The maximum atomic E-state index is 12.1. The summed E-state index contributed by atoms with van der Waals surface area (Å²) in [6.07, 6.45) is 0. The van der Waals surface area contributed by atoms with Gasteiger partial charge in [-0.1, -0.05) is 30.3 Å². The highest BCUT2D eigenvalue weighted by molar-refractivity contribution is 5.93. The van der Waals surface area contributed by atoms with Crippen molar-refractivity contribution in [1.82, 2.24) is 4.98 Å². The van der Waals surface area contributed by atoms with Crippen molar-refractivity contribution in [2.24, 2.45) is 0 Å². The zero-order valence-electron chi connectivity index (χ0n) is 13.6. The Kier molecular flexibility index (Phi) is 4.61. The largest absolute Gasteiger partial charge is 0.495 e. The molecule has 5 heteroatoms. The molecular formula is C19H18N2O3. The summed E-state index contributed by atoms with van der Waals surface area (Å²) < 4.78 is 10.9. The molecule has 0 saturated heterocycles. The standard InChI is InChI=1S/C19H18N2O3/c1-13-10-11-14-6-5-9-17(19(14)20-13)24-12-18(22)21-15-7-3-4-8-16(15)23-2/h3-11H,12H2,1-2H3,(H,21,22). The van der Waals surface area contributed by atoms with Crippen molar-refractivity contribution in [1.29, 1.82) is 0 Å². The van der Waals surface area contributed by atoms with Gasteiger partial charge in [-0.3, -0.25) is 4.79 Å². The third kappa shape index (κ3) is 3.46. The predicted octanol–water partition coefficient (Wildman–Crippen LogP) is 3.57. The van der Waals surface area contributed by atoms with Crippen molar-refractivity contribution in [2.75, 3.05) is 19.0 Å². The molecule has 0 atom stereocenters. The van der Waals surface area contributed by atoms with Gasteiger partial charge >= 0.3 is 0 Å². The normalized spacial score (nSPS) is 10.4. The second-order valence-electron chi connectivity index (χ2n) is 5.32. The van der Waals surface area contributed by atoms with Crippen molar-refractivity contribution >= 4 is 22.5 Å². The lowest BCUT2D eigenvalue weighted by Crippen LogP contribution is -2.20. The molecule has 2 aromatic carbocycles. The first-order chi connectivity index (χ1) is 11.7. The van der Waals surface area contributed by atoms with Gasteiger partial charge < -0.3 is 14.8 Å². The number of amides is 1. The van der Waals surface area contributed by atoms with Crippen LogP contribution in [0, 0.1) is 6.92 Å². The number of fused-ring (bicyclic) bond motifs is 1. The first kappa shape index (κ1) is 15.8. The zero-order valence-corrected chi connectivity index (χ0v) is 13.6. The van der Waals surface area contributed by atoms with Crippen LogP contribution in [-0.4, -0.2) is 24.6 Å². The number of carbonyl (C=O) groups is 1. The number of rotatable bonds is 5. The number of anilines is 1. The lowest BCUT2D eigenvalue weighted by molar-refractivity contribution is -0.118. The van der Waals surface area contributed by atoms with Gasteiger partial charge in [-0.15, -0.1) is 0 Å². The summed E-state index contributed by atoms with van der Waals surface area (Å²) in [5, 5.41) is 3.76. The van der Waals surface area contributed by atoms with E-state index in [1.165, 1.54) is 0 Å². The van der Waals surface area contributed by atoms with Crippen LogP contribution in [0.15, 0.2) is 54.6 Å². The van der Waals surface area contributed by atoms with Crippen LogP contribution in [0.5, 0.6) is 11.5 Å². The second kappa shape index (κ2) is 7.00. The summed E-state index contributed by atoms with van der Waals surface area (Å²) in [5.74, 6) is 0.934. The molecule has 0 spiro atoms. The summed E-state index contributed by atoms with van der Waals surface area (Å²) >= 11 is 0. The number of carbonyl (C=O) groups excluding carboxylic acids is 1. The second-order valence-corrected chi connectivity index (χ2v) is 5.32. The summed E-state index contributed by atoms with van der Waals surface area (Å²) in [6, 6.07) is 16.8. The van der Waals surface area contributed by atoms with E-state index < -0.39 is 0 Å². The van der Waals surface area contributed by atoms with E-state index in [0.717, 1.165) is 16.6 Å². The maximum Gasteiger partial charge on any atom is 0.262 e. The van der Waals surface area contributed by atoms with Gasteiger partial charge in [-0.2, -0.15) is 0 Å². The van der Waals surface area contributed by atoms with Crippen LogP contribution < -0.4 is 14.8 Å². The van der Waals surface area contributed by atoms with E-state index in [-0.39, 0.29) is 12.5 Å². The highest BCUT2D eigenvalue weighted by Gasteiger charge is 2.09. The third-order valence-electron chi connectivity index (χ3n) is 3.56. The van der Waals surface area contributed by atoms with Crippen molar-refractivity contribution in [2.45, 2.75) is 6.92 Å². The number of methoxy groups -OCH3 is 1. The molecule has 0 aliphatic rings. The molecular weight excluding hydrogens is 304 g/mol. The number of hydrogen-bond acceptors (Lipinski definition) is 4. The smallest absolute Gasteiger partial charge is 0.262 e. The summed E-state index contributed by atoms with van der Waals surface area (Å²) in [4.78, 5) is 16.6. The van der Waals surface area contributed by atoms with Gasteiger partial charge in [0.1, 0.15) is 17.0 Å². The van der Waals surface area contributed by atoms with Crippen LogP contribution in [0.4, 0.5) is 5.69 Å². The molecule has 0 unspecified atom stereocenters. The molecule has 0 fully saturated rings. The molecule has 24 heavy (non-hydrogen) atoms. The molecule has 0 saturated carbocycles. The van der Waals surface area contributed by atoms with Crippen LogP contribution >= 0.6 is 0 Å². The van der Waals surface area contributed by atoms with Crippen molar-refractivity contribution in [3.05, 3.63) is 60.3 Å². The Bertz CT molecular complexity index is 877. The fourth-order valence-corrected chi connectivity index (χ4v) is 2.41. The first-order valence-electron chi connectivity index (χ1n) is 7.59. The minimum absolute atomic E-state index is 0.104. The Labute approximate surface area is 140 Å². The average molecular weight is 322 g/mol. The average Bonchev–Trinajstić information content (AvgIpc) is 2.60. The Morgan fingerprint density at radius 3 is 2.67 bits per heavy atom. The molecule has 1 amide bonds. The quantitative estimate of drug-likeness (QED) is 0.780. The van der Waals surface area contributed by atoms with Crippen LogP contribution in [0.25, 0.3) is 10.9 Å². The molecule has 0 radical (unpaired) electrons. The summed E-state index contributed by atoms with van der Waals surface area (Å²) in [5.41, 5.74) is 2.26.